The minimum atomic E-state index is -0.756. The molecule has 8 nitrogen and oxygen atoms in total. The maximum absolute atomic E-state index is 12.5. The lowest BCUT2D eigenvalue weighted by atomic mass is 10.1. The molecule has 0 bridgehead atoms. The molecular formula is C18H12BrN3O5. The molecule has 1 heterocycles. The van der Waals surface area contributed by atoms with Gasteiger partial charge in [-0.15, -0.1) is 0 Å². The van der Waals surface area contributed by atoms with E-state index in [9.17, 15) is 20.2 Å². The van der Waals surface area contributed by atoms with Crippen molar-refractivity contribution in [1.29, 1.82) is 5.26 Å². The summed E-state index contributed by atoms with van der Waals surface area (Å²) < 4.78 is 11.1. The first-order valence-corrected chi connectivity index (χ1v) is 8.45. The number of nitro groups is 1. The van der Waals surface area contributed by atoms with Crippen LogP contribution in [0.4, 0.5) is 11.4 Å². The van der Waals surface area contributed by atoms with Gasteiger partial charge in [0.25, 0.3) is 11.6 Å². The van der Waals surface area contributed by atoms with E-state index in [2.05, 4.69) is 21.2 Å². The smallest absolute Gasteiger partial charge is 0.293 e. The minimum absolute atomic E-state index is 0.0153. The van der Waals surface area contributed by atoms with E-state index in [1.165, 1.54) is 18.2 Å². The topological polar surface area (TPSA) is 114 Å². The number of nitrogens with zero attached hydrogens (tertiary/aromatic N) is 2. The summed E-state index contributed by atoms with van der Waals surface area (Å²) in [6, 6.07) is 9.52. The zero-order valence-electron chi connectivity index (χ0n) is 14.0. The molecular weight excluding hydrogens is 418 g/mol. The lowest BCUT2D eigenvalue weighted by Crippen LogP contribution is -2.14. The van der Waals surface area contributed by atoms with Gasteiger partial charge in [-0.3, -0.25) is 14.9 Å². The lowest BCUT2D eigenvalue weighted by molar-refractivity contribution is -0.384. The first-order chi connectivity index (χ1) is 12.9. The van der Waals surface area contributed by atoms with E-state index in [0.717, 1.165) is 0 Å². The van der Waals surface area contributed by atoms with Crippen molar-refractivity contribution >= 4 is 39.3 Å². The monoisotopic (exact) mass is 429 g/mol. The summed E-state index contributed by atoms with van der Waals surface area (Å²) in [5, 5.41) is 23.0. The summed E-state index contributed by atoms with van der Waals surface area (Å²) in [7, 11) is 0. The number of aryl methyl sites for hydroxylation is 1. The summed E-state index contributed by atoms with van der Waals surface area (Å²) >= 11 is 3.35. The van der Waals surface area contributed by atoms with E-state index in [1.807, 2.05) is 6.07 Å². The third-order valence-electron chi connectivity index (χ3n) is 3.75. The Morgan fingerprint density at radius 1 is 1.33 bits per heavy atom. The Bertz CT molecular complexity index is 1030. The van der Waals surface area contributed by atoms with Crippen LogP contribution in [-0.4, -0.2) is 17.6 Å². The number of amides is 1. The number of ether oxygens (including phenoxy) is 2. The fourth-order valence-electron chi connectivity index (χ4n) is 2.44. The summed E-state index contributed by atoms with van der Waals surface area (Å²) in [4.78, 5) is 23.0. The number of benzene rings is 2. The van der Waals surface area contributed by atoms with Gasteiger partial charge in [0.05, 0.1) is 4.92 Å². The zero-order chi connectivity index (χ0) is 19.6. The van der Waals surface area contributed by atoms with Gasteiger partial charge in [-0.05, 0) is 42.3 Å². The number of nitro benzene ring substituents is 1. The average molecular weight is 430 g/mol. The van der Waals surface area contributed by atoms with Crippen LogP contribution in [0.2, 0.25) is 0 Å². The first kappa shape index (κ1) is 18.4. The Morgan fingerprint density at radius 3 is 2.70 bits per heavy atom. The van der Waals surface area contributed by atoms with Crippen molar-refractivity contribution in [3.63, 3.8) is 0 Å². The van der Waals surface area contributed by atoms with Crippen LogP contribution >= 0.6 is 15.9 Å². The maximum atomic E-state index is 12.5. The van der Waals surface area contributed by atoms with Crippen molar-refractivity contribution in [1.82, 2.24) is 0 Å². The molecule has 27 heavy (non-hydrogen) atoms. The molecule has 1 N–H and O–H groups in total. The van der Waals surface area contributed by atoms with Gasteiger partial charge in [0, 0.05) is 10.5 Å². The molecule has 1 aliphatic heterocycles. The fourth-order valence-corrected chi connectivity index (χ4v) is 2.87. The van der Waals surface area contributed by atoms with Gasteiger partial charge >= 0.3 is 0 Å². The second kappa shape index (κ2) is 7.47. The highest BCUT2D eigenvalue weighted by Gasteiger charge is 2.20. The van der Waals surface area contributed by atoms with E-state index < -0.39 is 10.8 Å². The Kier molecular flexibility index (Phi) is 5.09. The fraction of sp³-hybridized carbons (Fsp3) is 0.111. The van der Waals surface area contributed by atoms with Gasteiger partial charge in [0.2, 0.25) is 6.79 Å². The molecule has 0 atom stereocenters. The molecule has 0 saturated carbocycles. The quantitative estimate of drug-likeness (QED) is 0.340. The molecule has 136 valence electrons. The lowest BCUT2D eigenvalue weighted by Gasteiger charge is -2.07. The summed E-state index contributed by atoms with van der Waals surface area (Å²) in [5.41, 5.74) is 0.764. The third-order valence-corrected chi connectivity index (χ3v) is 4.44. The van der Waals surface area contributed by atoms with Crippen molar-refractivity contribution in [2.75, 3.05) is 12.1 Å². The number of halogens is 1. The van der Waals surface area contributed by atoms with Gasteiger partial charge in [0.1, 0.15) is 17.3 Å². The van der Waals surface area contributed by atoms with Gasteiger partial charge in [0.15, 0.2) is 11.5 Å². The van der Waals surface area contributed by atoms with Crippen LogP contribution < -0.4 is 14.8 Å². The van der Waals surface area contributed by atoms with Crippen molar-refractivity contribution in [3.8, 4) is 17.6 Å². The summed E-state index contributed by atoms with van der Waals surface area (Å²) in [5.74, 6) is 0.294. The molecule has 0 spiro atoms. The van der Waals surface area contributed by atoms with Crippen LogP contribution in [-0.2, 0) is 4.79 Å². The second-order valence-electron chi connectivity index (χ2n) is 5.63. The second-order valence-corrected chi connectivity index (χ2v) is 6.48. The highest BCUT2D eigenvalue weighted by atomic mass is 79.9. The van der Waals surface area contributed by atoms with Gasteiger partial charge in [-0.2, -0.15) is 5.26 Å². The Labute approximate surface area is 162 Å². The maximum Gasteiger partial charge on any atom is 0.293 e. The van der Waals surface area contributed by atoms with E-state index in [1.54, 1.807) is 25.1 Å². The van der Waals surface area contributed by atoms with E-state index in [-0.39, 0.29) is 23.7 Å². The zero-order valence-corrected chi connectivity index (χ0v) is 15.6. The number of carbonyl (C=O) groups is 1. The van der Waals surface area contributed by atoms with Crippen LogP contribution in [0.5, 0.6) is 11.5 Å². The number of anilines is 1. The molecule has 9 heteroatoms. The molecule has 1 aliphatic rings. The number of nitrogens with one attached hydrogen (secondary N) is 1. The Morgan fingerprint density at radius 2 is 2.04 bits per heavy atom. The number of hydrogen-bond acceptors (Lipinski definition) is 6. The van der Waals surface area contributed by atoms with Gasteiger partial charge < -0.3 is 14.8 Å². The summed E-state index contributed by atoms with van der Waals surface area (Å²) in [6.07, 6.45) is 1.36. The molecule has 0 saturated heterocycles. The molecule has 3 rings (SSSR count). The first-order valence-electron chi connectivity index (χ1n) is 7.66. The average Bonchev–Trinajstić information content (AvgIpc) is 3.07. The van der Waals surface area contributed by atoms with E-state index in [0.29, 0.717) is 27.1 Å². The van der Waals surface area contributed by atoms with Crippen LogP contribution in [0.1, 0.15) is 11.1 Å². The SMILES string of the molecule is Cc1ccc(NC(=O)/C(C#N)=C/c2cc3c(cc2Br)OCO3)c([N+](=O)[O-])c1. The highest BCUT2D eigenvalue weighted by molar-refractivity contribution is 9.10. The molecule has 0 unspecified atom stereocenters. The van der Waals surface area contributed by atoms with Crippen molar-refractivity contribution in [2.24, 2.45) is 0 Å². The van der Waals surface area contributed by atoms with Crippen LogP contribution in [0, 0.1) is 28.4 Å². The van der Waals surface area contributed by atoms with E-state index in [4.69, 9.17) is 9.47 Å². The normalized spacial score (nSPS) is 12.4. The molecule has 0 radical (unpaired) electrons. The number of fused-ring (bicyclic) bond motifs is 1. The minimum Gasteiger partial charge on any atom is -0.454 e. The molecule has 0 fully saturated rings. The van der Waals surface area contributed by atoms with Crippen molar-refractivity contribution in [2.45, 2.75) is 6.92 Å². The van der Waals surface area contributed by atoms with Crippen LogP contribution in [0.15, 0.2) is 40.4 Å². The molecule has 2 aromatic carbocycles. The highest BCUT2D eigenvalue weighted by Crippen LogP contribution is 2.37. The standard InChI is InChI=1S/C18H12BrN3O5/c1-10-2-3-14(15(4-10)22(24)25)21-18(23)12(8-20)5-11-6-16-17(7-13(11)19)27-9-26-16/h2-7H,9H2,1H3,(H,21,23)/b12-5+. The predicted octanol–water partition coefficient (Wildman–Crippen LogP) is 3.94. The largest absolute Gasteiger partial charge is 0.454 e. The van der Waals surface area contributed by atoms with E-state index >= 15 is 0 Å². The van der Waals surface area contributed by atoms with Gasteiger partial charge in [-0.25, -0.2) is 0 Å². The Hall–Kier alpha value is -3.38. The number of carbonyl (C=O) groups excluding carboxylic acids is 1. The third kappa shape index (κ3) is 3.91. The molecule has 1 amide bonds. The van der Waals surface area contributed by atoms with Crippen molar-refractivity contribution < 1.29 is 19.2 Å². The van der Waals surface area contributed by atoms with Crippen LogP contribution in [0.3, 0.4) is 0 Å². The Balaban J connectivity index is 1.91. The van der Waals surface area contributed by atoms with Crippen molar-refractivity contribution in [3.05, 3.63) is 61.6 Å². The number of rotatable bonds is 4. The molecule has 0 aliphatic carbocycles. The number of nitriles is 1. The van der Waals surface area contributed by atoms with Crippen LogP contribution in [0.25, 0.3) is 6.08 Å². The predicted molar refractivity (Wildman–Crippen MR) is 100 cm³/mol. The molecule has 2 aromatic rings. The summed E-state index contributed by atoms with van der Waals surface area (Å²) in [6.45, 7) is 1.80. The number of hydrogen-bond donors (Lipinski definition) is 1. The van der Waals surface area contributed by atoms with Gasteiger partial charge in [-0.1, -0.05) is 22.0 Å². The molecule has 0 aromatic heterocycles.